The fraction of sp³-hybridized carbons (Fsp3) is 0.769. The first-order chi connectivity index (χ1) is 9.06. The van der Waals surface area contributed by atoms with E-state index in [1.807, 2.05) is 4.90 Å². The van der Waals surface area contributed by atoms with Crippen LogP contribution in [-0.4, -0.2) is 34.6 Å². The molecule has 0 aliphatic rings. The third-order valence-corrected chi connectivity index (χ3v) is 3.05. The van der Waals surface area contributed by atoms with Gasteiger partial charge in [0, 0.05) is 19.6 Å². The molecular weight excluding hydrogens is 262 g/mol. The Morgan fingerprint density at radius 2 is 1.84 bits per heavy atom. The molecule has 0 saturated heterocycles. The lowest BCUT2D eigenvalue weighted by atomic mass is 10.1. The first kappa shape index (κ1) is 16.0. The maximum Gasteiger partial charge on any atom is 0.231 e. The second-order valence-electron chi connectivity index (χ2n) is 4.86. The third kappa shape index (κ3) is 5.59. The minimum Gasteiger partial charge on any atom is -0.354 e. The van der Waals surface area contributed by atoms with Gasteiger partial charge >= 0.3 is 0 Å². The van der Waals surface area contributed by atoms with E-state index in [1.165, 1.54) is 6.42 Å². The molecule has 1 heterocycles. The van der Waals surface area contributed by atoms with Gasteiger partial charge in [0.15, 0.2) is 0 Å². The first-order valence-electron chi connectivity index (χ1n) is 6.97. The summed E-state index contributed by atoms with van der Waals surface area (Å²) in [5.74, 6) is 1.91. The molecule has 0 unspecified atom stereocenters. The smallest absolute Gasteiger partial charge is 0.231 e. The van der Waals surface area contributed by atoms with Crippen LogP contribution in [0.25, 0.3) is 0 Å². The zero-order chi connectivity index (χ0) is 14.3. The van der Waals surface area contributed by atoms with Crippen LogP contribution in [0.15, 0.2) is 0 Å². The van der Waals surface area contributed by atoms with Crippen molar-refractivity contribution in [3.8, 4) is 0 Å². The molecule has 0 aromatic carbocycles. The normalized spacial score (nSPS) is 10.8. The summed E-state index contributed by atoms with van der Waals surface area (Å²) < 4.78 is 0. The predicted molar refractivity (Wildman–Crippen MR) is 81.0 cm³/mol. The van der Waals surface area contributed by atoms with E-state index in [-0.39, 0.29) is 5.28 Å². The van der Waals surface area contributed by atoms with Crippen LogP contribution in [0.2, 0.25) is 5.28 Å². The van der Waals surface area contributed by atoms with Crippen LogP contribution in [0.1, 0.15) is 40.5 Å². The van der Waals surface area contributed by atoms with E-state index in [0.717, 1.165) is 32.0 Å². The van der Waals surface area contributed by atoms with Crippen LogP contribution in [0.4, 0.5) is 11.9 Å². The van der Waals surface area contributed by atoms with E-state index < -0.39 is 0 Å². The Bertz CT molecular complexity index is 379. The van der Waals surface area contributed by atoms with Gasteiger partial charge in [-0.2, -0.15) is 15.0 Å². The highest BCUT2D eigenvalue weighted by atomic mass is 35.5. The molecule has 1 rings (SSSR count). The number of nitrogens with zero attached hydrogens (tertiary/aromatic N) is 4. The fourth-order valence-electron chi connectivity index (χ4n) is 1.78. The average molecular weight is 286 g/mol. The summed E-state index contributed by atoms with van der Waals surface area (Å²) in [6.45, 7) is 11.1. The van der Waals surface area contributed by atoms with E-state index >= 15 is 0 Å². The molecule has 0 bridgehead atoms. The Labute approximate surface area is 120 Å². The molecular formula is C13H24ClN5. The quantitative estimate of drug-likeness (QED) is 0.743. The monoisotopic (exact) mass is 285 g/mol. The standard InChI is InChI=1S/C13H24ClN5/c1-5-19(6-2)13-17-11(14)16-12(18-13)15-9-7-8-10(3)4/h10H,5-9H2,1-4H3,(H,15,16,17,18). The summed E-state index contributed by atoms with van der Waals surface area (Å²) in [4.78, 5) is 14.7. The molecule has 5 nitrogen and oxygen atoms in total. The largest absolute Gasteiger partial charge is 0.354 e. The topological polar surface area (TPSA) is 53.9 Å². The molecule has 0 aliphatic carbocycles. The average Bonchev–Trinajstić information content (AvgIpc) is 2.35. The van der Waals surface area contributed by atoms with Gasteiger partial charge in [-0.25, -0.2) is 0 Å². The lowest BCUT2D eigenvalue weighted by Gasteiger charge is -2.18. The summed E-state index contributed by atoms with van der Waals surface area (Å²) in [5, 5.41) is 3.45. The Balaban J connectivity index is 2.63. The van der Waals surface area contributed by atoms with Crippen molar-refractivity contribution in [2.75, 3.05) is 29.9 Å². The number of hydrogen-bond donors (Lipinski definition) is 1. The van der Waals surface area contributed by atoms with Crippen molar-refractivity contribution < 1.29 is 0 Å². The van der Waals surface area contributed by atoms with Crippen LogP contribution >= 0.6 is 11.6 Å². The molecule has 1 aromatic rings. The maximum atomic E-state index is 5.94. The molecule has 0 saturated carbocycles. The second-order valence-corrected chi connectivity index (χ2v) is 5.20. The highest BCUT2D eigenvalue weighted by Crippen LogP contribution is 2.13. The molecule has 19 heavy (non-hydrogen) atoms. The van der Waals surface area contributed by atoms with Gasteiger partial charge < -0.3 is 10.2 Å². The molecule has 1 aromatic heterocycles. The van der Waals surface area contributed by atoms with E-state index in [4.69, 9.17) is 11.6 Å². The van der Waals surface area contributed by atoms with E-state index in [0.29, 0.717) is 11.9 Å². The molecule has 6 heteroatoms. The van der Waals surface area contributed by atoms with Crippen molar-refractivity contribution in [2.24, 2.45) is 5.92 Å². The van der Waals surface area contributed by atoms with Crippen LogP contribution in [0.5, 0.6) is 0 Å². The molecule has 0 spiro atoms. The van der Waals surface area contributed by atoms with Gasteiger partial charge in [0.05, 0.1) is 0 Å². The predicted octanol–water partition coefficient (Wildman–Crippen LogP) is 3.22. The summed E-state index contributed by atoms with van der Waals surface area (Å²) >= 11 is 5.94. The van der Waals surface area contributed by atoms with E-state index in [9.17, 15) is 0 Å². The highest BCUT2D eigenvalue weighted by Gasteiger charge is 2.09. The Morgan fingerprint density at radius 3 is 2.42 bits per heavy atom. The molecule has 0 radical (unpaired) electrons. The Morgan fingerprint density at radius 1 is 1.16 bits per heavy atom. The maximum absolute atomic E-state index is 5.94. The summed E-state index contributed by atoms with van der Waals surface area (Å²) in [5.41, 5.74) is 0. The summed E-state index contributed by atoms with van der Waals surface area (Å²) in [6, 6.07) is 0. The van der Waals surface area contributed by atoms with Crippen molar-refractivity contribution in [1.29, 1.82) is 0 Å². The van der Waals surface area contributed by atoms with Gasteiger partial charge in [-0.05, 0) is 44.2 Å². The number of nitrogens with one attached hydrogen (secondary N) is 1. The number of rotatable bonds is 8. The first-order valence-corrected chi connectivity index (χ1v) is 7.35. The number of anilines is 2. The number of hydrogen-bond acceptors (Lipinski definition) is 5. The molecule has 1 N–H and O–H groups in total. The minimum absolute atomic E-state index is 0.239. The molecule has 108 valence electrons. The van der Waals surface area contributed by atoms with Crippen LogP contribution in [-0.2, 0) is 0 Å². The SMILES string of the molecule is CCN(CC)c1nc(Cl)nc(NCCCC(C)C)n1. The molecule has 0 amide bonds. The number of aromatic nitrogens is 3. The highest BCUT2D eigenvalue weighted by molar-refractivity contribution is 6.28. The van der Waals surface area contributed by atoms with Gasteiger partial charge in [0.25, 0.3) is 0 Å². The number of halogens is 1. The Kier molecular flexibility index (Phi) is 6.84. The van der Waals surface area contributed by atoms with Gasteiger partial charge in [0.2, 0.25) is 17.2 Å². The van der Waals surface area contributed by atoms with E-state index in [2.05, 4.69) is 48.0 Å². The van der Waals surface area contributed by atoms with Gasteiger partial charge in [-0.3, -0.25) is 0 Å². The second kappa shape index (κ2) is 8.15. The van der Waals surface area contributed by atoms with Crippen molar-refractivity contribution in [1.82, 2.24) is 15.0 Å². The van der Waals surface area contributed by atoms with Gasteiger partial charge in [-0.15, -0.1) is 0 Å². The molecule has 0 fully saturated rings. The van der Waals surface area contributed by atoms with Crippen LogP contribution in [0, 0.1) is 5.92 Å². The summed E-state index contributed by atoms with van der Waals surface area (Å²) in [7, 11) is 0. The van der Waals surface area contributed by atoms with Gasteiger partial charge in [0.1, 0.15) is 0 Å². The zero-order valence-corrected chi connectivity index (χ0v) is 13.0. The van der Waals surface area contributed by atoms with Crippen LogP contribution < -0.4 is 10.2 Å². The van der Waals surface area contributed by atoms with Gasteiger partial charge in [-0.1, -0.05) is 13.8 Å². The third-order valence-electron chi connectivity index (χ3n) is 2.88. The molecule has 0 aliphatic heterocycles. The lowest BCUT2D eigenvalue weighted by Crippen LogP contribution is -2.25. The fourth-order valence-corrected chi connectivity index (χ4v) is 1.93. The van der Waals surface area contributed by atoms with Crippen molar-refractivity contribution in [3.63, 3.8) is 0 Å². The lowest BCUT2D eigenvalue weighted by molar-refractivity contribution is 0.566. The van der Waals surface area contributed by atoms with Crippen LogP contribution in [0.3, 0.4) is 0 Å². The summed E-state index contributed by atoms with van der Waals surface area (Å²) in [6.07, 6.45) is 2.29. The van der Waals surface area contributed by atoms with Crippen molar-refractivity contribution in [2.45, 2.75) is 40.5 Å². The van der Waals surface area contributed by atoms with E-state index in [1.54, 1.807) is 0 Å². The Hall–Kier alpha value is -1.10. The minimum atomic E-state index is 0.239. The zero-order valence-electron chi connectivity index (χ0n) is 12.3. The van der Waals surface area contributed by atoms with Crippen molar-refractivity contribution >= 4 is 23.5 Å². The molecule has 0 atom stereocenters. The van der Waals surface area contributed by atoms with Crippen molar-refractivity contribution in [3.05, 3.63) is 5.28 Å².